The second-order valence-corrected chi connectivity index (χ2v) is 6.00. The molecule has 0 fully saturated rings. The normalized spacial score (nSPS) is 10.8. The molecule has 2 aromatic carbocycles. The number of aryl methyl sites for hydroxylation is 1. The van der Waals surface area contributed by atoms with E-state index in [1.165, 1.54) is 24.3 Å². The Morgan fingerprint density at radius 1 is 1.07 bits per heavy atom. The van der Waals surface area contributed by atoms with Crippen molar-refractivity contribution in [1.82, 2.24) is 0 Å². The zero-order valence-electron chi connectivity index (χ0n) is 15.1. The maximum Gasteiger partial charge on any atom is 0.416 e. The van der Waals surface area contributed by atoms with Crippen LogP contribution in [0.2, 0.25) is 0 Å². The molecule has 0 aliphatic rings. The number of hydrogen-bond donors (Lipinski definition) is 3. The highest BCUT2D eigenvalue weighted by Crippen LogP contribution is 2.30. The van der Waals surface area contributed by atoms with Crippen molar-refractivity contribution in [3.63, 3.8) is 0 Å². The van der Waals surface area contributed by atoms with Crippen LogP contribution < -0.4 is 16.4 Å². The summed E-state index contributed by atoms with van der Waals surface area (Å²) in [5, 5.41) is 5.15. The predicted octanol–water partition coefficient (Wildman–Crippen LogP) is 4.37. The summed E-state index contributed by atoms with van der Waals surface area (Å²) >= 11 is 0. The Bertz CT molecular complexity index is 841. The van der Waals surface area contributed by atoms with Gasteiger partial charge in [0, 0.05) is 23.4 Å². The number of nitrogens with two attached hydrogens (primary N) is 1. The molecule has 0 aliphatic carbocycles. The van der Waals surface area contributed by atoms with E-state index >= 15 is 0 Å². The molecule has 0 bridgehead atoms. The highest BCUT2D eigenvalue weighted by atomic mass is 35.5. The van der Waals surface area contributed by atoms with Gasteiger partial charge in [-0.1, -0.05) is 12.1 Å². The largest absolute Gasteiger partial charge is 0.416 e. The van der Waals surface area contributed by atoms with Crippen LogP contribution in [0.4, 0.5) is 24.5 Å². The van der Waals surface area contributed by atoms with Crippen molar-refractivity contribution in [3.8, 4) is 0 Å². The Morgan fingerprint density at radius 3 is 2.43 bits per heavy atom. The lowest BCUT2D eigenvalue weighted by Crippen LogP contribution is -2.16. The summed E-state index contributed by atoms with van der Waals surface area (Å²) in [6, 6.07) is 9.05. The zero-order chi connectivity index (χ0) is 20.0. The highest BCUT2D eigenvalue weighted by molar-refractivity contribution is 6.05. The highest BCUT2D eigenvalue weighted by Gasteiger charge is 2.30. The van der Waals surface area contributed by atoms with Crippen LogP contribution in [0.1, 0.15) is 34.3 Å². The molecule has 0 saturated carbocycles. The average molecular weight is 416 g/mol. The van der Waals surface area contributed by atoms with Crippen molar-refractivity contribution in [2.45, 2.75) is 25.9 Å². The fourth-order valence-electron chi connectivity index (χ4n) is 2.35. The number of amides is 2. The van der Waals surface area contributed by atoms with Crippen molar-refractivity contribution in [1.29, 1.82) is 0 Å². The van der Waals surface area contributed by atoms with Gasteiger partial charge in [0.25, 0.3) is 5.91 Å². The summed E-state index contributed by atoms with van der Waals surface area (Å²) in [6.07, 6.45) is -3.69. The molecule has 4 N–H and O–H groups in total. The second kappa shape index (κ2) is 10.1. The SMILES string of the molecule is Cc1ccc(C(=O)Nc2cccc(C(F)(F)F)c2)cc1NC(=O)CCCN.Cl. The van der Waals surface area contributed by atoms with E-state index < -0.39 is 17.6 Å². The van der Waals surface area contributed by atoms with E-state index in [1.807, 2.05) is 0 Å². The van der Waals surface area contributed by atoms with Crippen molar-refractivity contribution >= 4 is 35.6 Å². The van der Waals surface area contributed by atoms with Crippen LogP contribution in [0.15, 0.2) is 42.5 Å². The van der Waals surface area contributed by atoms with Gasteiger partial charge in [0.2, 0.25) is 5.91 Å². The molecule has 0 heterocycles. The molecule has 0 spiro atoms. The molecule has 5 nitrogen and oxygen atoms in total. The zero-order valence-corrected chi connectivity index (χ0v) is 15.9. The number of carbonyl (C=O) groups is 2. The van der Waals surface area contributed by atoms with Gasteiger partial charge >= 0.3 is 6.18 Å². The Balaban J connectivity index is 0.00000392. The summed E-state index contributed by atoms with van der Waals surface area (Å²) in [7, 11) is 0. The molecular weight excluding hydrogens is 395 g/mol. The average Bonchev–Trinajstić information content (AvgIpc) is 2.61. The summed E-state index contributed by atoms with van der Waals surface area (Å²) in [5.41, 5.74) is 5.99. The molecular formula is C19H21ClF3N3O2. The monoisotopic (exact) mass is 415 g/mol. The topological polar surface area (TPSA) is 84.2 Å². The summed E-state index contributed by atoms with van der Waals surface area (Å²) in [5.74, 6) is -0.800. The smallest absolute Gasteiger partial charge is 0.330 e. The minimum atomic E-state index is -4.49. The first-order valence-corrected chi connectivity index (χ1v) is 8.30. The first kappa shape index (κ1) is 23.5. The van der Waals surface area contributed by atoms with E-state index in [2.05, 4.69) is 10.6 Å². The lowest BCUT2D eigenvalue weighted by molar-refractivity contribution is -0.137. The van der Waals surface area contributed by atoms with Crippen LogP contribution in [0.3, 0.4) is 0 Å². The quantitative estimate of drug-likeness (QED) is 0.655. The molecule has 152 valence electrons. The van der Waals surface area contributed by atoms with Gasteiger partial charge in [-0.05, 0) is 55.8 Å². The van der Waals surface area contributed by atoms with Gasteiger partial charge < -0.3 is 16.4 Å². The standard InChI is InChI=1S/C19H20F3N3O2.ClH/c1-12-7-8-13(10-16(12)25-17(26)6-3-9-23)18(27)24-15-5-2-4-14(11-15)19(20,21)22;/h2,4-5,7-8,10-11H,3,6,9,23H2,1H3,(H,24,27)(H,25,26);1H. The first-order chi connectivity index (χ1) is 12.7. The third-order valence-electron chi connectivity index (χ3n) is 3.83. The molecule has 2 amide bonds. The molecule has 9 heteroatoms. The van der Waals surface area contributed by atoms with Crippen LogP contribution >= 0.6 is 12.4 Å². The number of carbonyl (C=O) groups excluding carboxylic acids is 2. The van der Waals surface area contributed by atoms with Crippen LogP contribution in [-0.2, 0) is 11.0 Å². The summed E-state index contributed by atoms with van der Waals surface area (Å²) in [6.45, 7) is 2.17. The predicted molar refractivity (Wildman–Crippen MR) is 105 cm³/mol. The fraction of sp³-hybridized carbons (Fsp3) is 0.263. The summed E-state index contributed by atoms with van der Waals surface area (Å²) in [4.78, 5) is 24.2. The fourth-order valence-corrected chi connectivity index (χ4v) is 2.35. The van der Waals surface area contributed by atoms with E-state index in [9.17, 15) is 22.8 Å². The minimum Gasteiger partial charge on any atom is -0.330 e. The molecule has 0 aliphatic heterocycles. The number of nitrogens with one attached hydrogen (secondary N) is 2. The van der Waals surface area contributed by atoms with Crippen molar-refractivity contribution in [2.75, 3.05) is 17.2 Å². The third kappa shape index (κ3) is 6.54. The van der Waals surface area contributed by atoms with E-state index in [4.69, 9.17) is 5.73 Å². The Kier molecular flexibility index (Phi) is 8.46. The van der Waals surface area contributed by atoms with E-state index in [1.54, 1.807) is 13.0 Å². The number of benzene rings is 2. The number of hydrogen-bond acceptors (Lipinski definition) is 3. The molecule has 0 unspecified atom stereocenters. The Hall–Kier alpha value is -2.58. The van der Waals surface area contributed by atoms with E-state index in [0.717, 1.165) is 17.7 Å². The molecule has 2 rings (SSSR count). The van der Waals surface area contributed by atoms with Gasteiger partial charge in [0.15, 0.2) is 0 Å². The molecule has 0 saturated heterocycles. The molecule has 0 radical (unpaired) electrons. The maximum absolute atomic E-state index is 12.8. The van der Waals surface area contributed by atoms with Gasteiger partial charge in [-0.25, -0.2) is 0 Å². The van der Waals surface area contributed by atoms with Crippen molar-refractivity contribution in [2.24, 2.45) is 5.73 Å². The number of anilines is 2. The molecule has 0 aromatic heterocycles. The first-order valence-electron chi connectivity index (χ1n) is 8.30. The van der Waals surface area contributed by atoms with Gasteiger partial charge in [-0.15, -0.1) is 12.4 Å². The maximum atomic E-state index is 12.8. The number of rotatable bonds is 6. The van der Waals surface area contributed by atoms with Crippen LogP contribution in [-0.4, -0.2) is 18.4 Å². The molecule has 28 heavy (non-hydrogen) atoms. The lowest BCUT2D eigenvalue weighted by atomic mass is 10.1. The second-order valence-electron chi connectivity index (χ2n) is 6.00. The van der Waals surface area contributed by atoms with Gasteiger partial charge in [0.05, 0.1) is 5.56 Å². The van der Waals surface area contributed by atoms with Crippen LogP contribution in [0, 0.1) is 6.92 Å². The molecule has 0 atom stereocenters. The van der Waals surface area contributed by atoms with E-state index in [0.29, 0.717) is 18.7 Å². The van der Waals surface area contributed by atoms with Crippen LogP contribution in [0.25, 0.3) is 0 Å². The third-order valence-corrected chi connectivity index (χ3v) is 3.83. The number of halogens is 4. The Morgan fingerprint density at radius 2 is 1.79 bits per heavy atom. The van der Waals surface area contributed by atoms with Gasteiger partial charge in [-0.2, -0.15) is 13.2 Å². The minimum absolute atomic E-state index is 0. The molecule has 2 aromatic rings. The summed E-state index contributed by atoms with van der Waals surface area (Å²) < 4.78 is 38.3. The van der Waals surface area contributed by atoms with Gasteiger partial charge in [-0.3, -0.25) is 9.59 Å². The van der Waals surface area contributed by atoms with Gasteiger partial charge in [0.1, 0.15) is 0 Å². The lowest BCUT2D eigenvalue weighted by Gasteiger charge is -2.12. The van der Waals surface area contributed by atoms with E-state index in [-0.39, 0.29) is 36.0 Å². The van der Waals surface area contributed by atoms with Crippen molar-refractivity contribution in [3.05, 3.63) is 59.2 Å². The van der Waals surface area contributed by atoms with Crippen LogP contribution in [0.5, 0.6) is 0 Å². The Labute approximate surface area is 166 Å². The number of alkyl halides is 3. The van der Waals surface area contributed by atoms with Crippen molar-refractivity contribution < 1.29 is 22.8 Å².